The van der Waals surface area contributed by atoms with Crippen molar-refractivity contribution in [3.8, 4) is 5.75 Å². The number of carbonyl (C=O) groups is 1. The molecule has 12 heteroatoms. The minimum atomic E-state index is -2.96. The third-order valence-electron chi connectivity index (χ3n) is 5.15. The van der Waals surface area contributed by atoms with Crippen molar-refractivity contribution in [2.45, 2.75) is 38.0 Å². The topological polar surface area (TPSA) is 112 Å². The Morgan fingerprint density at radius 1 is 1.42 bits per heavy atom. The van der Waals surface area contributed by atoms with E-state index in [-0.39, 0.29) is 23.0 Å². The number of ether oxygens (including phenoxy) is 2. The summed E-state index contributed by atoms with van der Waals surface area (Å²) in [4.78, 5) is 25.7. The summed E-state index contributed by atoms with van der Waals surface area (Å²) in [6.45, 7) is 1.52. The Bertz CT molecular complexity index is 999. The number of fused-ring (bicyclic) bond motifs is 1. The monoisotopic (exact) mass is 469 g/mol. The molecule has 8 nitrogen and oxygen atoms in total. The van der Waals surface area contributed by atoms with Gasteiger partial charge in [-0.3, -0.25) is 4.79 Å². The van der Waals surface area contributed by atoms with Gasteiger partial charge in [-0.2, -0.15) is 8.78 Å². The number of thiazole rings is 1. The number of hydrogen-bond donors (Lipinski definition) is 2. The Balaban J connectivity index is 1.52. The van der Waals surface area contributed by atoms with E-state index in [1.807, 2.05) is 0 Å². The number of halogens is 2. The number of rotatable bonds is 5. The van der Waals surface area contributed by atoms with Crippen molar-refractivity contribution in [2.75, 3.05) is 17.7 Å². The molecule has 0 radical (unpaired) electrons. The number of alkyl halides is 2. The maximum Gasteiger partial charge on any atom is 0.387 e. The molecule has 2 aromatic heterocycles. The molecule has 0 aliphatic carbocycles. The standard InChI is InChI=1S/C19H21F2N5O3S2/c1-18(2)5-10-7-31-17(22)26-19(10,9-28-18)15-25-13(8-30-15)24-14(27)12-4-3-11(6-23-12)29-16(20)21/h3-4,6,8,10,16H,5,7,9H2,1-2H3,(H2,22,26)(H,24,27)/t10?,19-/m0/s1. The molecule has 4 heterocycles. The lowest BCUT2D eigenvalue weighted by Crippen LogP contribution is -2.52. The third kappa shape index (κ3) is 4.65. The molecule has 31 heavy (non-hydrogen) atoms. The number of nitrogens with zero attached hydrogens (tertiary/aromatic N) is 3. The number of thioether (sulfide) groups is 1. The van der Waals surface area contributed by atoms with Crippen LogP contribution in [0.2, 0.25) is 0 Å². The molecule has 1 unspecified atom stereocenters. The van der Waals surface area contributed by atoms with Crippen LogP contribution in [0.1, 0.15) is 35.8 Å². The number of aliphatic imine (C=N–C) groups is 1. The first-order chi connectivity index (χ1) is 14.7. The Morgan fingerprint density at radius 2 is 2.23 bits per heavy atom. The highest BCUT2D eigenvalue weighted by Gasteiger charge is 2.52. The van der Waals surface area contributed by atoms with Gasteiger partial charge in [0.1, 0.15) is 27.8 Å². The average Bonchev–Trinajstić information content (AvgIpc) is 3.17. The lowest BCUT2D eigenvalue weighted by molar-refractivity contribution is -0.109. The second kappa shape index (κ2) is 8.32. The van der Waals surface area contributed by atoms with Crippen LogP contribution in [-0.4, -0.2) is 45.6 Å². The van der Waals surface area contributed by atoms with Crippen LogP contribution in [0.5, 0.6) is 5.75 Å². The molecule has 2 aromatic rings. The van der Waals surface area contributed by atoms with Gasteiger partial charge in [0.25, 0.3) is 5.91 Å². The van der Waals surface area contributed by atoms with Gasteiger partial charge in [-0.1, -0.05) is 11.8 Å². The first-order valence-electron chi connectivity index (χ1n) is 9.47. The summed E-state index contributed by atoms with van der Waals surface area (Å²) >= 11 is 2.91. The molecule has 4 rings (SSSR count). The lowest BCUT2D eigenvalue weighted by Gasteiger charge is -2.47. The van der Waals surface area contributed by atoms with Crippen molar-refractivity contribution in [1.29, 1.82) is 0 Å². The molecule has 2 atom stereocenters. The van der Waals surface area contributed by atoms with E-state index in [4.69, 9.17) is 15.5 Å². The normalized spacial score (nSPS) is 24.9. The third-order valence-corrected chi connectivity index (χ3v) is 7.11. The number of amides is 1. The van der Waals surface area contributed by atoms with Crippen LogP contribution in [0.25, 0.3) is 0 Å². The number of nitrogens with two attached hydrogens (primary N) is 1. The fourth-order valence-electron chi connectivity index (χ4n) is 3.66. The van der Waals surface area contributed by atoms with Gasteiger partial charge in [0.15, 0.2) is 5.17 Å². The summed E-state index contributed by atoms with van der Waals surface area (Å²) < 4.78 is 34.8. The van der Waals surface area contributed by atoms with Gasteiger partial charge < -0.3 is 20.5 Å². The summed E-state index contributed by atoms with van der Waals surface area (Å²) in [5, 5.41) is 5.62. The van der Waals surface area contributed by atoms with E-state index in [0.29, 0.717) is 17.6 Å². The van der Waals surface area contributed by atoms with Gasteiger partial charge >= 0.3 is 6.61 Å². The lowest BCUT2D eigenvalue weighted by atomic mass is 9.77. The molecule has 166 valence electrons. The molecule has 1 saturated heterocycles. The van der Waals surface area contributed by atoms with Crippen molar-refractivity contribution in [1.82, 2.24) is 9.97 Å². The second-order valence-corrected chi connectivity index (χ2v) is 9.78. The van der Waals surface area contributed by atoms with E-state index < -0.39 is 18.1 Å². The number of nitrogens with one attached hydrogen (secondary N) is 1. The zero-order valence-electron chi connectivity index (χ0n) is 16.8. The van der Waals surface area contributed by atoms with Crippen molar-refractivity contribution < 1.29 is 23.0 Å². The number of anilines is 1. The highest BCUT2D eigenvalue weighted by Crippen LogP contribution is 2.49. The number of aromatic nitrogens is 2. The van der Waals surface area contributed by atoms with Crippen molar-refractivity contribution in [2.24, 2.45) is 16.6 Å². The Kier molecular flexibility index (Phi) is 5.88. The SMILES string of the molecule is CC1(C)CC2CSC(N)=N[C@@]2(c2nc(NC(=O)c3ccc(OC(F)F)cn3)cs2)CO1. The Hall–Kier alpha value is -2.31. The van der Waals surface area contributed by atoms with Crippen molar-refractivity contribution in [3.63, 3.8) is 0 Å². The van der Waals surface area contributed by atoms with Gasteiger partial charge in [-0.25, -0.2) is 15.0 Å². The largest absolute Gasteiger partial charge is 0.433 e. The summed E-state index contributed by atoms with van der Waals surface area (Å²) in [6, 6.07) is 2.55. The molecule has 1 fully saturated rings. The Morgan fingerprint density at radius 3 is 2.94 bits per heavy atom. The molecule has 2 aliphatic heterocycles. The summed E-state index contributed by atoms with van der Waals surface area (Å²) in [6.07, 6.45) is 1.88. The maximum absolute atomic E-state index is 12.5. The van der Waals surface area contributed by atoms with E-state index in [0.717, 1.165) is 23.4 Å². The summed E-state index contributed by atoms with van der Waals surface area (Å²) in [5.74, 6) is 0.730. The molecule has 0 spiro atoms. The molecular formula is C19H21F2N5O3S2. The average molecular weight is 470 g/mol. The highest BCUT2D eigenvalue weighted by molar-refractivity contribution is 8.13. The van der Waals surface area contributed by atoms with Crippen LogP contribution < -0.4 is 15.8 Å². The second-order valence-electron chi connectivity index (χ2n) is 7.88. The smallest absolute Gasteiger partial charge is 0.387 e. The van der Waals surface area contributed by atoms with E-state index in [2.05, 4.69) is 33.9 Å². The van der Waals surface area contributed by atoms with Crippen LogP contribution in [0.4, 0.5) is 14.6 Å². The number of amidine groups is 1. The predicted molar refractivity (Wildman–Crippen MR) is 115 cm³/mol. The van der Waals surface area contributed by atoms with Gasteiger partial charge in [-0.15, -0.1) is 11.3 Å². The Labute approximate surface area is 185 Å². The zero-order valence-corrected chi connectivity index (χ0v) is 18.4. The minimum Gasteiger partial charge on any atom is -0.433 e. The van der Waals surface area contributed by atoms with Crippen molar-refractivity contribution >= 4 is 40.0 Å². The first kappa shape index (κ1) is 21.9. The molecule has 3 N–H and O–H groups in total. The molecule has 1 amide bonds. The van der Waals surface area contributed by atoms with E-state index in [9.17, 15) is 13.6 Å². The van der Waals surface area contributed by atoms with Crippen LogP contribution in [-0.2, 0) is 10.3 Å². The van der Waals surface area contributed by atoms with Crippen LogP contribution >= 0.6 is 23.1 Å². The fraction of sp³-hybridized carbons (Fsp3) is 0.474. The highest BCUT2D eigenvalue weighted by atomic mass is 32.2. The summed E-state index contributed by atoms with van der Waals surface area (Å²) in [5.41, 5.74) is 5.16. The summed E-state index contributed by atoms with van der Waals surface area (Å²) in [7, 11) is 0. The molecule has 0 bridgehead atoms. The van der Waals surface area contributed by atoms with Crippen LogP contribution in [0.3, 0.4) is 0 Å². The predicted octanol–water partition coefficient (Wildman–Crippen LogP) is 3.46. The molecule has 0 saturated carbocycles. The van der Waals surface area contributed by atoms with Crippen LogP contribution in [0.15, 0.2) is 28.7 Å². The molecular weight excluding hydrogens is 448 g/mol. The fourth-order valence-corrected chi connectivity index (χ4v) is 5.62. The number of hydrogen-bond acceptors (Lipinski definition) is 9. The van der Waals surface area contributed by atoms with E-state index >= 15 is 0 Å². The van der Waals surface area contributed by atoms with E-state index in [1.54, 1.807) is 5.38 Å². The van der Waals surface area contributed by atoms with Crippen molar-refractivity contribution in [3.05, 3.63) is 34.4 Å². The molecule has 0 aromatic carbocycles. The first-order valence-corrected chi connectivity index (χ1v) is 11.3. The van der Waals surface area contributed by atoms with Gasteiger partial charge in [0, 0.05) is 17.1 Å². The zero-order chi connectivity index (χ0) is 22.2. The maximum atomic E-state index is 12.5. The van der Waals surface area contributed by atoms with Gasteiger partial charge in [0.2, 0.25) is 0 Å². The molecule has 2 aliphatic rings. The van der Waals surface area contributed by atoms with Gasteiger partial charge in [0.05, 0.1) is 18.4 Å². The van der Waals surface area contributed by atoms with E-state index in [1.165, 1.54) is 35.2 Å². The number of pyridine rings is 1. The van der Waals surface area contributed by atoms with Gasteiger partial charge in [-0.05, 0) is 32.4 Å². The quantitative estimate of drug-likeness (QED) is 0.690. The minimum absolute atomic E-state index is 0.0475. The van der Waals surface area contributed by atoms with Crippen LogP contribution in [0, 0.1) is 5.92 Å². The number of carbonyl (C=O) groups excluding carboxylic acids is 1.